The van der Waals surface area contributed by atoms with Crippen LogP contribution in [0.5, 0.6) is 0 Å². The standard InChI is InChI=1S/C16H24N4O2S/c1-5-7-13-19-15(22-20-13)9-6-8-14(21)18-11(3)16-10(2)17-12(4)23-16/h11H,5-9H2,1-4H3,(H,18,21)/t11-/m1/s1. The lowest BCUT2D eigenvalue weighted by molar-refractivity contribution is -0.121. The van der Waals surface area contributed by atoms with E-state index in [2.05, 4.69) is 27.4 Å². The maximum Gasteiger partial charge on any atom is 0.226 e. The molecule has 0 spiro atoms. The molecule has 0 aromatic carbocycles. The van der Waals surface area contributed by atoms with Crippen molar-refractivity contribution in [3.63, 3.8) is 0 Å². The van der Waals surface area contributed by atoms with Crippen LogP contribution in [-0.2, 0) is 17.6 Å². The highest BCUT2D eigenvalue weighted by Gasteiger charge is 2.15. The number of aromatic nitrogens is 3. The maximum absolute atomic E-state index is 12.0. The molecule has 2 rings (SSSR count). The van der Waals surface area contributed by atoms with Crippen LogP contribution < -0.4 is 5.32 Å². The van der Waals surface area contributed by atoms with Crippen LogP contribution in [0.1, 0.15) is 66.4 Å². The number of carbonyl (C=O) groups excluding carboxylic acids is 1. The first-order valence-electron chi connectivity index (χ1n) is 8.04. The fourth-order valence-corrected chi connectivity index (χ4v) is 3.37. The van der Waals surface area contributed by atoms with E-state index in [-0.39, 0.29) is 11.9 Å². The summed E-state index contributed by atoms with van der Waals surface area (Å²) in [4.78, 5) is 21.9. The molecular weight excluding hydrogens is 312 g/mol. The minimum atomic E-state index is -0.00624. The van der Waals surface area contributed by atoms with Gasteiger partial charge in [-0.25, -0.2) is 4.98 Å². The van der Waals surface area contributed by atoms with Gasteiger partial charge in [0.25, 0.3) is 0 Å². The highest BCUT2D eigenvalue weighted by atomic mass is 32.1. The smallest absolute Gasteiger partial charge is 0.226 e. The maximum atomic E-state index is 12.0. The number of rotatable bonds is 8. The lowest BCUT2D eigenvalue weighted by Gasteiger charge is -2.12. The molecule has 0 bridgehead atoms. The third-order valence-electron chi connectivity index (χ3n) is 3.49. The second-order valence-electron chi connectivity index (χ2n) is 5.68. The van der Waals surface area contributed by atoms with Crippen molar-refractivity contribution < 1.29 is 9.32 Å². The van der Waals surface area contributed by atoms with Crippen LogP contribution >= 0.6 is 11.3 Å². The predicted octanol–water partition coefficient (Wildman–Crippen LogP) is 3.30. The van der Waals surface area contributed by atoms with E-state index in [4.69, 9.17) is 4.52 Å². The summed E-state index contributed by atoms with van der Waals surface area (Å²) in [5.41, 5.74) is 0.995. The van der Waals surface area contributed by atoms with Gasteiger partial charge in [0.15, 0.2) is 5.82 Å². The minimum absolute atomic E-state index is 0.00624. The van der Waals surface area contributed by atoms with Gasteiger partial charge in [0.1, 0.15) is 0 Å². The molecule has 0 radical (unpaired) electrons. The van der Waals surface area contributed by atoms with E-state index in [0.29, 0.717) is 25.2 Å². The summed E-state index contributed by atoms with van der Waals surface area (Å²) in [5, 5.41) is 7.96. The largest absolute Gasteiger partial charge is 0.349 e. The summed E-state index contributed by atoms with van der Waals surface area (Å²) >= 11 is 1.63. The lowest BCUT2D eigenvalue weighted by Crippen LogP contribution is -2.26. The Morgan fingerprint density at radius 3 is 2.74 bits per heavy atom. The number of carbonyl (C=O) groups is 1. The Bertz CT molecular complexity index is 650. The first-order chi connectivity index (χ1) is 11.0. The van der Waals surface area contributed by atoms with Crippen molar-refractivity contribution in [3.05, 3.63) is 27.3 Å². The summed E-state index contributed by atoms with van der Waals surface area (Å²) in [5.74, 6) is 1.40. The molecule has 23 heavy (non-hydrogen) atoms. The summed E-state index contributed by atoms with van der Waals surface area (Å²) < 4.78 is 5.17. The van der Waals surface area contributed by atoms with Crippen molar-refractivity contribution in [2.24, 2.45) is 0 Å². The Balaban J connectivity index is 1.75. The number of amides is 1. The number of hydrogen-bond acceptors (Lipinski definition) is 6. The molecule has 2 aromatic rings. The van der Waals surface area contributed by atoms with Crippen LogP contribution in [0.15, 0.2) is 4.52 Å². The topological polar surface area (TPSA) is 80.9 Å². The summed E-state index contributed by atoms with van der Waals surface area (Å²) in [6, 6.07) is -0.00624. The number of aryl methyl sites for hydroxylation is 4. The fraction of sp³-hybridized carbons (Fsp3) is 0.625. The van der Waals surface area contributed by atoms with Crippen molar-refractivity contribution in [2.45, 2.75) is 65.8 Å². The molecule has 126 valence electrons. The normalized spacial score (nSPS) is 12.3. The van der Waals surface area contributed by atoms with Gasteiger partial charge >= 0.3 is 0 Å². The third kappa shape index (κ3) is 5.13. The zero-order chi connectivity index (χ0) is 16.8. The Kier molecular flexibility index (Phi) is 6.27. The van der Waals surface area contributed by atoms with Gasteiger partial charge in [0.2, 0.25) is 11.8 Å². The van der Waals surface area contributed by atoms with Gasteiger partial charge in [0, 0.05) is 24.1 Å². The zero-order valence-corrected chi connectivity index (χ0v) is 15.0. The Hall–Kier alpha value is -1.76. The van der Waals surface area contributed by atoms with E-state index >= 15 is 0 Å². The van der Waals surface area contributed by atoms with Gasteiger partial charge in [-0.2, -0.15) is 4.98 Å². The number of nitrogens with zero attached hydrogens (tertiary/aromatic N) is 3. The monoisotopic (exact) mass is 336 g/mol. The first kappa shape index (κ1) is 17.6. The molecule has 0 aliphatic heterocycles. The van der Waals surface area contributed by atoms with Crippen LogP contribution in [0, 0.1) is 13.8 Å². The highest BCUT2D eigenvalue weighted by molar-refractivity contribution is 7.11. The molecule has 0 saturated heterocycles. The zero-order valence-electron chi connectivity index (χ0n) is 14.2. The molecule has 1 N–H and O–H groups in total. The third-order valence-corrected chi connectivity index (χ3v) is 4.74. The van der Waals surface area contributed by atoms with Gasteiger partial charge in [-0.1, -0.05) is 12.1 Å². The number of thiazole rings is 1. The molecule has 1 atom stereocenters. The van der Waals surface area contributed by atoms with Crippen molar-refractivity contribution in [1.29, 1.82) is 0 Å². The van der Waals surface area contributed by atoms with Crippen LogP contribution in [0.2, 0.25) is 0 Å². The second-order valence-corrected chi connectivity index (χ2v) is 6.91. The van der Waals surface area contributed by atoms with Crippen LogP contribution in [0.4, 0.5) is 0 Å². The summed E-state index contributed by atoms with van der Waals surface area (Å²) in [6.07, 6.45) is 3.61. The Labute approximate surface area is 140 Å². The van der Waals surface area contributed by atoms with E-state index in [9.17, 15) is 4.79 Å². The van der Waals surface area contributed by atoms with Crippen LogP contribution in [-0.4, -0.2) is 21.0 Å². The molecule has 0 saturated carbocycles. The molecular formula is C16H24N4O2S. The molecule has 6 nitrogen and oxygen atoms in total. The Morgan fingerprint density at radius 1 is 1.30 bits per heavy atom. The number of nitrogens with one attached hydrogen (secondary N) is 1. The van der Waals surface area contributed by atoms with Crippen molar-refractivity contribution >= 4 is 17.2 Å². The SMILES string of the molecule is CCCc1noc(CCCC(=O)N[C@H](C)c2sc(C)nc2C)n1. The van der Waals surface area contributed by atoms with Gasteiger partial charge in [-0.15, -0.1) is 11.3 Å². The quantitative estimate of drug-likeness (QED) is 0.800. The fourth-order valence-electron chi connectivity index (χ4n) is 2.45. The molecule has 2 heterocycles. The highest BCUT2D eigenvalue weighted by Crippen LogP contribution is 2.24. The molecule has 2 aromatic heterocycles. The Morgan fingerprint density at radius 2 is 2.09 bits per heavy atom. The van der Waals surface area contributed by atoms with Crippen LogP contribution in [0.25, 0.3) is 0 Å². The van der Waals surface area contributed by atoms with E-state index in [1.165, 1.54) is 0 Å². The van der Waals surface area contributed by atoms with E-state index in [0.717, 1.165) is 34.2 Å². The molecule has 1 amide bonds. The predicted molar refractivity (Wildman–Crippen MR) is 89.4 cm³/mol. The average molecular weight is 336 g/mol. The van der Waals surface area contributed by atoms with Crippen molar-refractivity contribution in [3.8, 4) is 0 Å². The minimum Gasteiger partial charge on any atom is -0.349 e. The molecule has 7 heteroatoms. The van der Waals surface area contributed by atoms with Gasteiger partial charge in [-0.3, -0.25) is 4.79 Å². The lowest BCUT2D eigenvalue weighted by atomic mass is 10.2. The van der Waals surface area contributed by atoms with Gasteiger partial charge in [0.05, 0.1) is 16.7 Å². The second kappa shape index (κ2) is 8.19. The van der Waals surface area contributed by atoms with Gasteiger partial charge < -0.3 is 9.84 Å². The number of hydrogen-bond donors (Lipinski definition) is 1. The first-order valence-corrected chi connectivity index (χ1v) is 8.86. The van der Waals surface area contributed by atoms with E-state index < -0.39 is 0 Å². The average Bonchev–Trinajstić information content (AvgIpc) is 3.05. The summed E-state index contributed by atoms with van der Waals surface area (Å²) in [7, 11) is 0. The van der Waals surface area contributed by atoms with Crippen molar-refractivity contribution in [2.75, 3.05) is 0 Å². The van der Waals surface area contributed by atoms with Crippen LogP contribution in [0.3, 0.4) is 0 Å². The van der Waals surface area contributed by atoms with Crippen molar-refractivity contribution in [1.82, 2.24) is 20.4 Å². The van der Waals surface area contributed by atoms with Gasteiger partial charge in [-0.05, 0) is 33.6 Å². The summed E-state index contributed by atoms with van der Waals surface area (Å²) in [6.45, 7) is 8.03. The molecule has 0 unspecified atom stereocenters. The molecule has 0 fully saturated rings. The van der Waals surface area contributed by atoms with E-state index in [1.807, 2.05) is 20.8 Å². The molecule has 0 aliphatic rings. The van der Waals surface area contributed by atoms with E-state index in [1.54, 1.807) is 11.3 Å². The molecule has 0 aliphatic carbocycles.